The molecule has 0 atom stereocenters. The molecule has 2 rings (SSSR count). The van der Waals surface area contributed by atoms with Gasteiger partial charge in [-0.3, -0.25) is 4.79 Å². The minimum Gasteiger partial charge on any atom is -0.312 e. The zero-order valence-corrected chi connectivity index (χ0v) is 9.23. The Bertz CT molecular complexity index is 371. The first kappa shape index (κ1) is 10.2. The molecular formula is C13H16NO. The molecule has 0 unspecified atom stereocenters. The van der Waals surface area contributed by atoms with Crippen LogP contribution < -0.4 is 4.90 Å². The Morgan fingerprint density at radius 1 is 1.33 bits per heavy atom. The number of benzene rings is 1. The van der Waals surface area contributed by atoms with E-state index in [0.29, 0.717) is 5.92 Å². The maximum absolute atomic E-state index is 11.5. The van der Waals surface area contributed by atoms with Crippen molar-refractivity contribution in [3.8, 4) is 0 Å². The van der Waals surface area contributed by atoms with Crippen LogP contribution in [0.2, 0.25) is 0 Å². The van der Waals surface area contributed by atoms with Crippen LogP contribution in [0.5, 0.6) is 0 Å². The standard InChI is InChI=1S/C13H16NO/c1-10(2)11-5-3-6-12(9-11)14-8-4-7-13(14)15/h3,5-7,9-10H,4,8H2,1-2H3. The third-order valence-electron chi connectivity index (χ3n) is 2.79. The van der Waals surface area contributed by atoms with Crippen molar-refractivity contribution in [3.05, 3.63) is 36.2 Å². The van der Waals surface area contributed by atoms with E-state index in [-0.39, 0.29) is 5.91 Å². The van der Waals surface area contributed by atoms with Gasteiger partial charge in [-0.15, -0.1) is 0 Å². The summed E-state index contributed by atoms with van der Waals surface area (Å²) in [7, 11) is 0. The van der Waals surface area contributed by atoms with Crippen molar-refractivity contribution in [3.63, 3.8) is 0 Å². The molecule has 1 saturated heterocycles. The molecule has 1 amide bonds. The highest BCUT2D eigenvalue weighted by Gasteiger charge is 2.22. The molecule has 0 N–H and O–H groups in total. The maximum Gasteiger partial charge on any atom is 0.230 e. The van der Waals surface area contributed by atoms with Crippen LogP contribution in [-0.2, 0) is 4.79 Å². The summed E-state index contributed by atoms with van der Waals surface area (Å²) in [6, 6.07) is 8.25. The van der Waals surface area contributed by atoms with Gasteiger partial charge < -0.3 is 4.90 Å². The largest absolute Gasteiger partial charge is 0.312 e. The molecule has 1 aliphatic heterocycles. The molecule has 0 aliphatic carbocycles. The van der Waals surface area contributed by atoms with Gasteiger partial charge in [0.2, 0.25) is 5.91 Å². The van der Waals surface area contributed by atoms with E-state index in [1.165, 1.54) is 5.56 Å². The first-order valence-corrected chi connectivity index (χ1v) is 5.43. The van der Waals surface area contributed by atoms with Crippen molar-refractivity contribution in [2.75, 3.05) is 11.4 Å². The number of carbonyl (C=O) groups excluding carboxylic acids is 1. The Morgan fingerprint density at radius 2 is 2.13 bits per heavy atom. The molecule has 0 bridgehead atoms. The zero-order chi connectivity index (χ0) is 10.8. The third-order valence-corrected chi connectivity index (χ3v) is 2.79. The molecule has 0 aromatic heterocycles. The molecule has 2 heteroatoms. The van der Waals surface area contributed by atoms with E-state index < -0.39 is 0 Å². The predicted octanol–water partition coefficient (Wildman–Crippen LogP) is 2.75. The van der Waals surface area contributed by atoms with Crippen LogP contribution in [0.1, 0.15) is 31.7 Å². The van der Waals surface area contributed by atoms with Crippen LogP contribution in [0.3, 0.4) is 0 Å². The summed E-state index contributed by atoms with van der Waals surface area (Å²) in [5.74, 6) is 0.641. The number of rotatable bonds is 2. The summed E-state index contributed by atoms with van der Waals surface area (Å²) in [6.07, 6.45) is 2.62. The van der Waals surface area contributed by atoms with Gasteiger partial charge in [0.15, 0.2) is 0 Å². The lowest BCUT2D eigenvalue weighted by atomic mass is 10.0. The summed E-state index contributed by atoms with van der Waals surface area (Å²) in [5, 5.41) is 0. The van der Waals surface area contributed by atoms with Gasteiger partial charge in [-0.25, -0.2) is 0 Å². The van der Waals surface area contributed by atoms with Gasteiger partial charge in [-0.05, 0) is 30.0 Å². The summed E-state index contributed by atoms with van der Waals surface area (Å²) in [4.78, 5) is 13.4. The second-order valence-electron chi connectivity index (χ2n) is 4.23. The number of carbonyl (C=O) groups is 1. The van der Waals surface area contributed by atoms with E-state index in [2.05, 4.69) is 26.0 Å². The Hall–Kier alpha value is -1.31. The van der Waals surface area contributed by atoms with Gasteiger partial charge >= 0.3 is 0 Å². The van der Waals surface area contributed by atoms with Crippen molar-refractivity contribution in [1.82, 2.24) is 0 Å². The molecule has 1 radical (unpaired) electrons. The minimum atomic E-state index is 0.135. The molecule has 1 aromatic rings. The van der Waals surface area contributed by atoms with Crippen molar-refractivity contribution >= 4 is 11.6 Å². The van der Waals surface area contributed by atoms with Crippen molar-refractivity contribution in [2.45, 2.75) is 26.2 Å². The minimum absolute atomic E-state index is 0.135. The van der Waals surface area contributed by atoms with Crippen LogP contribution in [0.15, 0.2) is 24.3 Å². The molecule has 2 nitrogen and oxygen atoms in total. The first-order chi connectivity index (χ1) is 7.18. The highest BCUT2D eigenvalue weighted by atomic mass is 16.2. The first-order valence-electron chi connectivity index (χ1n) is 5.43. The number of nitrogens with zero attached hydrogens (tertiary/aromatic N) is 1. The highest BCUT2D eigenvalue weighted by molar-refractivity contribution is 6.01. The lowest BCUT2D eigenvalue weighted by molar-refractivity contribution is -0.114. The average molecular weight is 202 g/mol. The molecule has 1 fully saturated rings. The summed E-state index contributed by atoms with van der Waals surface area (Å²) in [5.41, 5.74) is 2.31. The van der Waals surface area contributed by atoms with E-state index in [0.717, 1.165) is 18.7 Å². The molecule has 79 valence electrons. The lowest BCUT2D eigenvalue weighted by Crippen LogP contribution is -2.23. The van der Waals surface area contributed by atoms with Gasteiger partial charge in [-0.1, -0.05) is 26.0 Å². The predicted molar refractivity (Wildman–Crippen MR) is 61.8 cm³/mol. The van der Waals surface area contributed by atoms with Crippen LogP contribution in [-0.4, -0.2) is 12.5 Å². The molecule has 1 heterocycles. The highest BCUT2D eigenvalue weighted by Crippen LogP contribution is 2.24. The number of hydrogen-bond donors (Lipinski definition) is 0. The molecular weight excluding hydrogens is 186 g/mol. The third kappa shape index (κ3) is 2.04. The fourth-order valence-electron chi connectivity index (χ4n) is 1.85. The van der Waals surface area contributed by atoms with E-state index in [1.54, 1.807) is 6.42 Å². The normalized spacial score (nSPS) is 16.5. The maximum atomic E-state index is 11.5. The molecule has 1 aliphatic rings. The monoisotopic (exact) mass is 202 g/mol. The van der Waals surface area contributed by atoms with Gasteiger partial charge in [0.25, 0.3) is 0 Å². The Balaban J connectivity index is 2.28. The molecule has 15 heavy (non-hydrogen) atoms. The molecule has 0 spiro atoms. The van der Waals surface area contributed by atoms with E-state index in [1.807, 2.05) is 17.0 Å². The fourth-order valence-corrected chi connectivity index (χ4v) is 1.85. The average Bonchev–Trinajstić information content (AvgIpc) is 2.64. The van der Waals surface area contributed by atoms with Gasteiger partial charge in [0, 0.05) is 12.2 Å². The zero-order valence-electron chi connectivity index (χ0n) is 9.23. The smallest absolute Gasteiger partial charge is 0.230 e. The quantitative estimate of drug-likeness (QED) is 0.722. The SMILES string of the molecule is CC(C)c1cccc(N2CC[CH]C2=O)c1. The Labute approximate surface area is 90.9 Å². The van der Waals surface area contributed by atoms with Gasteiger partial charge in [0.1, 0.15) is 0 Å². The summed E-state index contributed by atoms with van der Waals surface area (Å²) in [6.45, 7) is 5.15. The van der Waals surface area contributed by atoms with E-state index >= 15 is 0 Å². The van der Waals surface area contributed by atoms with Crippen molar-refractivity contribution in [1.29, 1.82) is 0 Å². The van der Waals surface area contributed by atoms with Crippen LogP contribution in [0.25, 0.3) is 0 Å². The van der Waals surface area contributed by atoms with Gasteiger partial charge in [-0.2, -0.15) is 0 Å². The van der Waals surface area contributed by atoms with E-state index in [9.17, 15) is 4.79 Å². The number of hydrogen-bond acceptors (Lipinski definition) is 1. The fraction of sp³-hybridized carbons (Fsp3) is 0.385. The van der Waals surface area contributed by atoms with Crippen molar-refractivity contribution in [2.24, 2.45) is 0 Å². The summed E-state index contributed by atoms with van der Waals surface area (Å²) >= 11 is 0. The van der Waals surface area contributed by atoms with Crippen LogP contribution in [0, 0.1) is 6.42 Å². The van der Waals surface area contributed by atoms with Crippen LogP contribution in [0.4, 0.5) is 5.69 Å². The Kier molecular flexibility index (Phi) is 2.76. The summed E-state index contributed by atoms with van der Waals surface area (Å²) < 4.78 is 0. The van der Waals surface area contributed by atoms with Gasteiger partial charge in [0.05, 0.1) is 6.42 Å². The Morgan fingerprint density at radius 3 is 2.73 bits per heavy atom. The second kappa shape index (κ2) is 4.05. The van der Waals surface area contributed by atoms with E-state index in [4.69, 9.17) is 0 Å². The van der Waals surface area contributed by atoms with Crippen LogP contribution >= 0.6 is 0 Å². The second-order valence-corrected chi connectivity index (χ2v) is 4.23. The topological polar surface area (TPSA) is 20.3 Å². The molecule has 0 saturated carbocycles. The number of amides is 1. The molecule has 1 aromatic carbocycles. The number of anilines is 1. The lowest BCUT2D eigenvalue weighted by Gasteiger charge is -2.17. The van der Waals surface area contributed by atoms with Crippen molar-refractivity contribution < 1.29 is 4.79 Å².